The molecule has 8 nitrogen and oxygen atoms in total. The molecule has 0 aliphatic carbocycles. The van der Waals surface area contributed by atoms with Crippen molar-refractivity contribution >= 4 is 11.8 Å². The van der Waals surface area contributed by atoms with Gasteiger partial charge in [0.15, 0.2) is 18.1 Å². The first kappa shape index (κ1) is 18.9. The van der Waals surface area contributed by atoms with Crippen LogP contribution in [0.5, 0.6) is 23.0 Å². The highest BCUT2D eigenvalue weighted by Crippen LogP contribution is 2.49. The van der Waals surface area contributed by atoms with E-state index in [9.17, 15) is 9.59 Å². The Balaban J connectivity index is 1.57. The number of nitrogens with zero attached hydrogens (tertiary/aromatic N) is 1. The molecule has 1 N–H and O–H groups in total. The zero-order valence-corrected chi connectivity index (χ0v) is 16.3. The molecule has 2 amide bonds. The van der Waals surface area contributed by atoms with Crippen molar-refractivity contribution < 1.29 is 28.5 Å². The normalized spacial score (nSPS) is 14.4. The molecule has 4 rings (SSSR count). The number of benzene rings is 2. The minimum atomic E-state index is -0.273. The zero-order chi connectivity index (χ0) is 20.4. The van der Waals surface area contributed by atoms with Crippen molar-refractivity contribution in [1.29, 1.82) is 0 Å². The molecule has 0 bridgehead atoms. The number of methoxy groups -OCH3 is 1. The lowest BCUT2D eigenvalue weighted by molar-refractivity contribution is -0.123. The number of nitrogens with one attached hydrogen (secondary N) is 1. The van der Waals surface area contributed by atoms with Gasteiger partial charge in [-0.2, -0.15) is 0 Å². The summed E-state index contributed by atoms with van der Waals surface area (Å²) in [6, 6.07) is 9.12. The van der Waals surface area contributed by atoms with Crippen LogP contribution >= 0.6 is 0 Å². The molecule has 2 aliphatic rings. The van der Waals surface area contributed by atoms with Crippen LogP contribution in [0.1, 0.15) is 21.5 Å². The first-order chi connectivity index (χ1) is 14.1. The van der Waals surface area contributed by atoms with Gasteiger partial charge in [0.25, 0.3) is 11.8 Å². The van der Waals surface area contributed by atoms with E-state index in [2.05, 4.69) is 5.32 Å². The number of rotatable bonds is 6. The van der Waals surface area contributed by atoms with Gasteiger partial charge in [-0.25, -0.2) is 0 Å². The van der Waals surface area contributed by atoms with E-state index in [0.717, 1.165) is 11.1 Å². The average Bonchev–Trinajstić information content (AvgIpc) is 3.22. The van der Waals surface area contributed by atoms with Crippen LogP contribution in [-0.2, 0) is 17.8 Å². The molecule has 0 aromatic heterocycles. The molecule has 2 heterocycles. The second-order valence-corrected chi connectivity index (χ2v) is 6.79. The van der Waals surface area contributed by atoms with Gasteiger partial charge in [-0.3, -0.25) is 9.59 Å². The van der Waals surface area contributed by atoms with Crippen LogP contribution in [0, 0.1) is 0 Å². The van der Waals surface area contributed by atoms with Crippen molar-refractivity contribution in [2.45, 2.75) is 13.0 Å². The average molecular weight is 398 g/mol. The SMILES string of the molecule is COc1c2c(c(CNC(=O)COc3ccccc3)c3c1C(=O)N(C)CC3)OCO2. The Morgan fingerprint density at radius 3 is 2.72 bits per heavy atom. The summed E-state index contributed by atoms with van der Waals surface area (Å²) < 4.78 is 22.2. The topological polar surface area (TPSA) is 86.3 Å². The number of para-hydroxylation sites is 1. The van der Waals surface area contributed by atoms with Gasteiger partial charge in [0.2, 0.25) is 12.5 Å². The number of carbonyl (C=O) groups is 2. The second-order valence-electron chi connectivity index (χ2n) is 6.79. The summed E-state index contributed by atoms with van der Waals surface area (Å²) in [4.78, 5) is 26.7. The number of hydrogen-bond donors (Lipinski definition) is 1. The summed E-state index contributed by atoms with van der Waals surface area (Å²) in [5.41, 5.74) is 2.02. The molecule has 0 fully saturated rings. The lowest BCUT2D eigenvalue weighted by atomic mass is 9.91. The minimum absolute atomic E-state index is 0.0384. The summed E-state index contributed by atoms with van der Waals surface area (Å²) in [7, 11) is 3.25. The summed E-state index contributed by atoms with van der Waals surface area (Å²) in [6.45, 7) is 0.707. The Morgan fingerprint density at radius 2 is 1.97 bits per heavy atom. The third-order valence-corrected chi connectivity index (χ3v) is 5.02. The second kappa shape index (κ2) is 7.90. The number of carbonyl (C=O) groups excluding carboxylic acids is 2. The third-order valence-electron chi connectivity index (χ3n) is 5.02. The Kier molecular flexibility index (Phi) is 5.16. The van der Waals surface area contributed by atoms with Gasteiger partial charge >= 0.3 is 0 Å². The van der Waals surface area contributed by atoms with Gasteiger partial charge < -0.3 is 29.2 Å². The Bertz CT molecular complexity index is 944. The van der Waals surface area contributed by atoms with Crippen LogP contribution in [0.2, 0.25) is 0 Å². The van der Waals surface area contributed by atoms with Gasteiger partial charge in [0, 0.05) is 25.7 Å². The van der Waals surface area contributed by atoms with Crippen molar-refractivity contribution in [3.63, 3.8) is 0 Å². The zero-order valence-electron chi connectivity index (χ0n) is 16.3. The smallest absolute Gasteiger partial charge is 0.258 e. The molecule has 2 aliphatic heterocycles. The molecule has 2 aromatic rings. The largest absolute Gasteiger partial charge is 0.492 e. The van der Waals surface area contributed by atoms with E-state index in [-0.39, 0.29) is 31.8 Å². The van der Waals surface area contributed by atoms with Crippen LogP contribution < -0.4 is 24.3 Å². The first-order valence-electron chi connectivity index (χ1n) is 9.31. The predicted octanol–water partition coefficient (Wildman–Crippen LogP) is 1.75. The van der Waals surface area contributed by atoms with Crippen molar-refractivity contribution in [2.75, 3.05) is 34.1 Å². The fourth-order valence-electron chi connectivity index (χ4n) is 3.57. The molecule has 2 aromatic carbocycles. The van der Waals surface area contributed by atoms with Gasteiger partial charge in [-0.1, -0.05) is 18.2 Å². The van der Waals surface area contributed by atoms with Crippen LogP contribution in [0.15, 0.2) is 30.3 Å². The summed E-state index contributed by atoms with van der Waals surface area (Å²) >= 11 is 0. The molecule has 0 atom stereocenters. The highest BCUT2D eigenvalue weighted by Gasteiger charge is 2.36. The molecule has 152 valence electrons. The molecular weight excluding hydrogens is 376 g/mol. The molecule has 0 unspecified atom stereocenters. The van der Waals surface area contributed by atoms with E-state index >= 15 is 0 Å². The number of hydrogen-bond acceptors (Lipinski definition) is 6. The van der Waals surface area contributed by atoms with E-state index in [1.807, 2.05) is 18.2 Å². The van der Waals surface area contributed by atoms with E-state index in [0.29, 0.717) is 41.5 Å². The van der Waals surface area contributed by atoms with Crippen molar-refractivity contribution in [3.05, 3.63) is 47.0 Å². The molecule has 0 saturated carbocycles. The molecule has 0 saturated heterocycles. The number of likely N-dealkylation sites (N-methyl/N-ethyl adjacent to an activating group) is 1. The predicted molar refractivity (Wildman–Crippen MR) is 104 cm³/mol. The summed E-state index contributed by atoms with van der Waals surface area (Å²) in [5.74, 6) is 1.51. The maximum absolute atomic E-state index is 12.8. The van der Waals surface area contributed by atoms with Crippen molar-refractivity contribution in [3.8, 4) is 23.0 Å². The maximum atomic E-state index is 12.8. The van der Waals surface area contributed by atoms with Gasteiger partial charge in [0.1, 0.15) is 5.75 Å². The molecule has 0 spiro atoms. The standard InChI is InChI=1S/C21H22N2O6/c1-23-9-8-14-15(10-22-16(24)11-27-13-6-4-3-5-7-13)18-20(29-12-28-18)19(26-2)17(14)21(23)25/h3-7H,8-12H2,1-2H3,(H,22,24). The summed E-state index contributed by atoms with van der Waals surface area (Å²) in [5, 5.41) is 2.85. The maximum Gasteiger partial charge on any atom is 0.258 e. The van der Waals surface area contributed by atoms with E-state index < -0.39 is 0 Å². The van der Waals surface area contributed by atoms with Crippen LogP contribution in [0.25, 0.3) is 0 Å². The molecule has 0 radical (unpaired) electrons. The quantitative estimate of drug-likeness (QED) is 0.798. The Morgan fingerprint density at radius 1 is 1.21 bits per heavy atom. The number of fused-ring (bicyclic) bond motifs is 2. The highest BCUT2D eigenvalue weighted by atomic mass is 16.7. The number of ether oxygens (including phenoxy) is 4. The number of amides is 2. The van der Waals surface area contributed by atoms with Gasteiger partial charge in [-0.15, -0.1) is 0 Å². The Hall–Kier alpha value is -3.42. The minimum Gasteiger partial charge on any atom is -0.492 e. The van der Waals surface area contributed by atoms with Crippen molar-refractivity contribution in [2.24, 2.45) is 0 Å². The summed E-state index contributed by atoms with van der Waals surface area (Å²) in [6.07, 6.45) is 0.635. The van der Waals surface area contributed by atoms with E-state index in [1.165, 1.54) is 7.11 Å². The lowest BCUT2D eigenvalue weighted by Gasteiger charge is -2.29. The third kappa shape index (κ3) is 3.53. The first-order valence-corrected chi connectivity index (χ1v) is 9.31. The van der Waals surface area contributed by atoms with Gasteiger partial charge in [0.05, 0.1) is 12.7 Å². The molecule has 8 heteroatoms. The Labute approximate surface area is 168 Å². The fraction of sp³-hybridized carbons (Fsp3) is 0.333. The monoisotopic (exact) mass is 398 g/mol. The van der Waals surface area contributed by atoms with Gasteiger partial charge in [-0.05, 0) is 24.1 Å². The lowest BCUT2D eigenvalue weighted by Crippen LogP contribution is -2.36. The van der Waals surface area contributed by atoms with E-state index in [4.69, 9.17) is 18.9 Å². The fourth-order valence-corrected chi connectivity index (χ4v) is 3.57. The van der Waals surface area contributed by atoms with E-state index in [1.54, 1.807) is 24.1 Å². The van der Waals surface area contributed by atoms with Crippen LogP contribution in [0.4, 0.5) is 0 Å². The molecule has 29 heavy (non-hydrogen) atoms. The van der Waals surface area contributed by atoms with Crippen molar-refractivity contribution in [1.82, 2.24) is 10.2 Å². The highest BCUT2D eigenvalue weighted by molar-refractivity contribution is 6.01. The molecular formula is C21H22N2O6. The van der Waals surface area contributed by atoms with Crippen LogP contribution in [-0.4, -0.2) is 50.8 Å². The van der Waals surface area contributed by atoms with Crippen LogP contribution in [0.3, 0.4) is 0 Å².